The normalized spacial score (nSPS) is 11.8. The molecule has 0 unspecified atom stereocenters. The summed E-state index contributed by atoms with van der Waals surface area (Å²) in [6, 6.07) is 21.3. The van der Waals surface area contributed by atoms with Crippen LogP contribution in [-0.2, 0) is 0 Å². The van der Waals surface area contributed by atoms with Gasteiger partial charge in [0.15, 0.2) is 0 Å². The van der Waals surface area contributed by atoms with Gasteiger partial charge in [-0.15, -0.1) is 0 Å². The van der Waals surface area contributed by atoms with Crippen molar-refractivity contribution in [1.29, 1.82) is 0 Å². The Bertz CT molecular complexity index is 526. The Balaban J connectivity index is 2.18. The number of hydrogen-bond donors (Lipinski definition) is 0. The molecule has 0 amide bonds. The molecule has 0 saturated heterocycles. The molecular formula is C19H23N. The molecule has 2 aromatic rings. The largest absolute Gasteiger partial charge is 0.309 e. The Hall–Kier alpha value is -1.86. The topological polar surface area (TPSA) is 3.24 Å². The van der Waals surface area contributed by atoms with Crippen molar-refractivity contribution >= 4 is 11.6 Å². The zero-order valence-electron chi connectivity index (χ0n) is 12.4. The quantitative estimate of drug-likeness (QED) is 0.692. The molecule has 1 nitrogen and oxygen atoms in total. The van der Waals surface area contributed by atoms with Crippen LogP contribution in [-0.4, -0.2) is 25.5 Å². The third kappa shape index (κ3) is 4.67. The van der Waals surface area contributed by atoms with Crippen LogP contribution in [0.3, 0.4) is 0 Å². The first-order valence-electron chi connectivity index (χ1n) is 7.21. The molecule has 0 radical (unpaired) electrons. The summed E-state index contributed by atoms with van der Waals surface area (Å²) in [5, 5.41) is 0. The van der Waals surface area contributed by atoms with E-state index in [1.165, 1.54) is 23.1 Å². The van der Waals surface area contributed by atoms with Crippen LogP contribution in [0.25, 0.3) is 11.6 Å². The highest BCUT2D eigenvalue weighted by atomic mass is 15.0. The minimum Gasteiger partial charge on any atom is -0.309 e. The maximum Gasteiger partial charge on any atom is -0.00217 e. The Morgan fingerprint density at radius 3 is 2.10 bits per heavy atom. The molecule has 0 bridgehead atoms. The Morgan fingerprint density at radius 1 is 0.900 bits per heavy atom. The van der Waals surface area contributed by atoms with Crippen LogP contribution in [0.15, 0.2) is 60.7 Å². The number of nitrogens with zero attached hydrogens (tertiary/aromatic N) is 1. The van der Waals surface area contributed by atoms with Gasteiger partial charge in [-0.2, -0.15) is 0 Å². The first-order valence-corrected chi connectivity index (χ1v) is 7.21. The van der Waals surface area contributed by atoms with Crippen molar-refractivity contribution in [2.24, 2.45) is 0 Å². The van der Waals surface area contributed by atoms with Gasteiger partial charge in [0.25, 0.3) is 0 Å². The Labute approximate surface area is 122 Å². The lowest BCUT2D eigenvalue weighted by atomic mass is 9.98. The highest BCUT2D eigenvalue weighted by Gasteiger charge is 2.02. The molecule has 0 aromatic heterocycles. The summed E-state index contributed by atoms with van der Waals surface area (Å²) >= 11 is 0. The first-order chi connectivity index (χ1) is 9.75. The van der Waals surface area contributed by atoms with Gasteiger partial charge in [0, 0.05) is 0 Å². The first kappa shape index (κ1) is 14.5. The van der Waals surface area contributed by atoms with E-state index in [2.05, 4.69) is 85.7 Å². The summed E-state index contributed by atoms with van der Waals surface area (Å²) < 4.78 is 0. The van der Waals surface area contributed by atoms with Crippen LogP contribution in [0.4, 0.5) is 0 Å². The standard InChI is InChI=1S/C19H23N/c1-20(2)15-9-14-19(18-12-7-4-8-13-18)16-17-10-5-3-6-11-17/h3-8,10-13,16H,9,14-15H2,1-2H3. The number of allylic oxidation sites excluding steroid dienone is 1. The minimum atomic E-state index is 1.11. The molecule has 0 fully saturated rings. The van der Waals surface area contributed by atoms with Crippen molar-refractivity contribution in [3.63, 3.8) is 0 Å². The summed E-state index contributed by atoms with van der Waals surface area (Å²) in [6.07, 6.45) is 4.60. The molecule has 0 aliphatic carbocycles. The fourth-order valence-corrected chi connectivity index (χ4v) is 2.29. The number of benzene rings is 2. The summed E-state index contributed by atoms with van der Waals surface area (Å²) in [4.78, 5) is 2.24. The van der Waals surface area contributed by atoms with Crippen LogP contribution in [0.5, 0.6) is 0 Å². The maximum absolute atomic E-state index is 2.31. The van der Waals surface area contributed by atoms with Crippen molar-refractivity contribution in [2.45, 2.75) is 12.8 Å². The van der Waals surface area contributed by atoms with Gasteiger partial charge >= 0.3 is 0 Å². The van der Waals surface area contributed by atoms with Crippen LogP contribution >= 0.6 is 0 Å². The summed E-state index contributed by atoms with van der Waals surface area (Å²) in [5.74, 6) is 0. The van der Waals surface area contributed by atoms with Gasteiger partial charge in [-0.05, 0) is 50.2 Å². The second-order valence-electron chi connectivity index (χ2n) is 5.35. The summed E-state index contributed by atoms with van der Waals surface area (Å²) in [5.41, 5.74) is 4.02. The smallest absolute Gasteiger partial charge is 0.00217 e. The molecular weight excluding hydrogens is 242 g/mol. The molecule has 2 rings (SSSR count). The molecule has 1 heteroatoms. The van der Waals surface area contributed by atoms with E-state index in [0.717, 1.165) is 13.0 Å². The average molecular weight is 265 g/mol. The van der Waals surface area contributed by atoms with Crippen molar-refractivity contribution in [3.05, 3.63) is 71.8 Å². The highest BCUT2D eigenvalue weighted by molar-refractivity contribution is 5.81. The molecule has 0 heterocycles. The zero-order valence-corrected chi connectivity index (χ0v) is 12.4. The average Bonchev–Trinajstić information content (AvgIpc) is 2.48. The maximum atomic E-state index is 2.31. The van der Waals surface area contributed by atoms with E-state index in [-0.39, 0.29) is 0 Å². The minimum absolute atomic E-state index is 1.11. The van der Waals surface area contributed by atoms with E-state index >= 15 is 0 Å². The van der Waals surface area contributed by atoms with Crippen molar-refractivity contribution in [1.82, 2.24) is 4.90 Å². The van der Waals surface area contributed by atoms with Gasteiger partial charge in [-0.1, -0.05) is 66.7 Å². The second-order valence-corrected chi connectivity index (χ2v) is 5.35. The molecule has 104 valence electrons. The lowest BCUT2D eigenvalue weighted by Gasteiger charge is -2.12. The van der Waals surface area contributed by atoms with E-state index in [1.807, 2.05) is 0 Å². The molecule has 0 N–H and O–H groups in total. The molecule has 20 heavy (non-hydrogen) atoms. The lowest BCUT2D eigenvalue weighted by molar-refractivity contribution is 0.403. The predicted molar refractivity (Wildman–Crippen MR) is 88.5 cm³/mol. The summed E-state index contributed by atoms with van der Waals surface area (Å²) in [7, 11) is 4.26. The van der Waals surface area contributed by atoms with Gasteiger partial charge in [0.1, 0.15) is 0 Å². The van der Waals surface area contributed by atoms with Crippen LogP contribution in [0.2, 0.25) is 0 Å². The molecule has 0 aliphatic heterocycles. The van der Waals surface area contributed by atoms with Gasteiger partial charge < -0.3 is 4.90 Å². The second kappa shape index (κ2) is 7.66. The zero-order chi connectivity index (χ0) is 14.2. The van der Waals surface area contributed by atoms with E-state index < -0.39 is 0 Å². The van der Waals surface area contributed by atoms with Crippen LogP contribution < -0.4 is 0 Å². The van der Waals surface area contributed by atoms with Gasteiger partial charge in [0.2, 0.25) is 0 Å². The van der Waals surface area contributed by atoms with Crippen molar-refractivity contribution in [2.75, 3.05) is 20.6 Å². The Kier molecular flexibility index (Phi) is 5.57. The fraction of sp³-hybridized carbons (Fsp3) is 0.263. The van der Waals surface area contributed by atoms with Gasteiger partial charge in [-0.25, -0.2) is 0 Å². The molecule has 0 atom stereocenters. The SMILES string of the molecule is CN(C)CCCC(=Cc1ccccc1)c1ccccc1. The van der Waals surface area contributed by atoms with Crippen LogP contribution in [0.1, 0.15) is 24.0 Å². The third-order valence-corrected chi connectivity index (χ3v) is 3.34. The van der Waals surface area contributed by atoms with E-state index in [0.29, 0.717) is 0 Å². The Morgan fingerprint density at radius 2 is 1.50 bits per heavy atom. The van der Waals surface area contributed by atoms with Crippen LogP contribution in [0, 0.1) is 0 Å². The van der Waals surface area contributed by atoms with Gasteiger partial charge in [-0.3, -0.25) is 0 Å². The molecule has 0 aliphatic rings. The third-order valence-electron chi connectivity index (χ3n) is 3.34. The molecule has 0 saturated carbocycles. The molecule has 2 aromatic carbocycles. The van der Waals surface area contributed by atoms with Gasteiger partial charge in [0.05, 0.1) is 0 Å². The lowest BCUT2D eigenvalue weighted by Crippen LogP contribution is -2.12. The molecule has 0 spiro atoms. The van der Waals surface area contributed by atoms with Crippen molar-refractivity contribution < 1.29 is 0 Å². The monoisotopic (exact) mass is 265 g/mol. The van der Waals surface area contributed by atoms with Crippen molar-refractivity contribution in [3.8, 4) is 0 Å². The highest BCUT2D eigenvalue weighted by Crippen LogP contribution is 2.23. The number of hydrogen-bond acceptors (Lipinski definition) is 1. The van der Waals surface area contributed by atoms with E-state index in [9.17, 15) is 0 Å². The van der Waals surface area contributed by atoms with E-state index in [1.54, 1.807) is 0 Å². The fourth-order valence-electron chi connectivity index (χ4n) is 2.29. The van der Waals surface area contributed by atoms with E-state index in [4.69, 9.17) is 0 Å². The predicted octanol–water partition coefficient (Wildman–Crippen LogP) is 4.57. The number of rotatable bonds is 6. The summed E-state index contributed by atoms with van der Waals surface area (Å²) in [6.45, 7) is 1.12.